The van der Waals surface area contributed by atoms with Gasteiger partial charge in [0.15, 0.2) is 0 Å². The Hall–Kier alpha value is -2.08. The minimum atomic E-state index is -0.227. The number of carbonyl (C=O) groups is 2. The number of likely N-dealkylation sites (N-methyl/N-ethyl adjacent to an activating group) is 1. The molecule has 0 bridgehead atoms. The van der Waals surface area contributed by atoms with Crippen LogP contribution in [0.2, 0.25) is 10.0 Å². The van der Waals surface area contributed by atoms with Gasteiger partial charge in [0.05, 0.1) is 32.6 Å². The first-order valence-corrected chi connectivity index (χ1v) is 10.1. The van der Waals surface area contributed by atoms with Crippen LogP contribution in [0.15, 0.2) is 42.5 Å². The van der Waals surface area contributed by atoms with Gasteiger partial charge in [-0.1, -0.05) is 29.3 Å². The number of halogens is 2. The van der Waals surface area contributed by atoms with Gasteiger partial charge >= 0.3 is 0 Å². The third-order valence-corrected chi connectivity index (χ3v) is 5.30. The Morgan fingerprint density at radius 2 is 1.57 bits per heavy atom. The molecule has 0 radical (unpaired) electrons. The molecule has 2 rings (SSSR count). The van der Waals surface area contributed by atoms with Crippen molar-refractivity contribution < 1.29 is 14.5 Å². The summed E-state index contributed by atoms with van der Waals surface area (Å²) in [6, 6.07) is 11.9. The molecule has 0 atom stereocenters. The predicted molar refractivity (Wildman–Crippen MR) is 114 cm³/mol. The van der Waals surface area contributed by atoms with Crippen molar-refractivity contribution in [2.24, 2.45) is 0 Å². The molecule has 0 aliphatic heterocycles. The molecule has 3 N–H and O–H groups in total. The Balaban J connectivity index is 1.88. The molecule has 0 aliphatic carbocycles. The molecule has 0 spiro atoms. The van der Waals surface area contributed by atoms with Gasteiger partial charge in [0.1, 0.15) is 0 Å². The minimum Gasteiger partial charge on any atom is -0.346 e. The summed E-state index contributed by atoms with van der Waals surface area (Å²) < 4.78 is 0. The minimum absolute atomic E-state index is 0.0778. The van der Waals surface area contributed by atoms with E-state index in [-0.39, 0.29) is 18.2 Å². The van der Waals surface area contributed by atoms with E-state index in [0.29, 0.717) is 33.4 Å². The monoisotopic (exact) mass is 422 g/mol. The zero-order valence-electron chi connectivity index (χ0n) is 16.1. The fourth-order valence-corrected chi connectivity index (χ4v) is 3.36. The van der Waals surface area contributed by atoms with Crippen molar-refractivity contribution in [2.45, 2.75) is 20.3 Å². The van der Waals surface area contributed by atoms with E-state index in [9.17, 15) is 9.59 Å². The summed E-state index contributed by atoms with van der Waals surface area (Å²) in [5.74, 6) is -0.346. The van der Waals surface area contributed by atoms with Gasteiger partial charge in [0, 0.05) is 21.3 Å². The number of rotatable bonds is 9. The Bertz CT molecular complexity index is 786. The third-order valence-electron chi connectivity index (χ3n) is 4.59. The molecule has 0 heterocycles. The van der Waals surface area contributed by atoms with Crippen LogP contribution in [0.1, 0.15) is 29.8 Å². The zero-order valence-corrected chi connectivity index (χ0v) is 17.7. The maximum atomic E-state index is 12.3. The summed E-state index contributed by atoms with van der Waals surface area (Å²) in [5, 5.41) is 6.64. The molecule has 28 heavy (non-hydrogen) atoms. The molecule has 0 aromatic heterocycles. The van der Waals surface area contributed by atoms with Gasteiger partial charge in [-0.05, 0) is 55.8 Å². The molecular formula is C21H26Cl2N3O2+. The summed E-state index contributed by atoms with van der Waals surface area (Å²) >= 11 is 12.2. The maximum absolute atomic E-state index is 12.3. The van der Waals surface area contributed by atoms with Crippen LogP contribution >= 0.6 is 23.2 Å². The van der Waals surface area contributed by atoms with E-state index >= 15 is 0 Å². The Morgan fingerprint density at radius 1 is 0.964 bits per heavy atom. The lowest BCUT2D eigenvalue weighted by molar-refractivity contribution is -0.895. The van der Waals surface area contributed by atoms with Gasteiger partial charge in [0.25, 0.3) is 5.91 Å². The second-order valence-corrected chi connectivity index (χ2v) is 7.28. The van der Waals surface area contributed by atoms with Crippen LogP contribution in [0, 0.1) is 0 Å². The Morgan fingerprint density at radius 3 is 2.14 bits per heavy atom. The molecule has 0 fully saturated rings. The molecule has 7 heteroatoms. The predicted octanol–water partition coefficient (Wildman–Crippen LogP) is 2.83. The topological polar surface area (TPSA) is 62.6 Å². The standard InChI is InChI=1S/C21H25Cl2N3O2/c1-3-26(4-2)13-12-24-21(28)15-8-10-16(11-9-15)25-20(27)14-17-18(22)6-5-7-19(17)23/h5-11H,3-4,12-14H2,1-2H3,(H,24,28)(H,25,27)/p+1. The lowest BCUT2D eigenvalue weighted by Crippen LogP contribution is -3.12. The van der Waals surface area contributed by atoms with Gasteiger partial charge in [-0.15, -0.1) is 0 Å². The number of nitrogens with one attached hydrogen (secondary N) is 3. The lowest BCUT2D eigenvalue weighted by atomic mass is 10.1. The van der Waals surface area contributed by atoms with Gasteiger partial charge in [-0.25, -0.2) is 0 Å². The molecule has 2 aromatic carbocycles. The van der Waals surface area contributed by atoms with Crippen molar-refractivity contribution in [3.05, 3.63) is 63.6 Å². The quantitative estimate of drug-likeness (QED) is 0.581. The zero-order chi connectivity index (χ0) is 20.5. The van der Waals surface area contributed by atoms with E-state index < -0.39 is 0 Å². The first kappa shape index (κ1) is 22.2. The van der Waals surface area contributed by atoms with E-state index in [1.807, 2.05) is 0 Å². The number of quaternary nitrogens is 1. The van der Waals surface area contributed by atoms with Crippen LogP contribution in [0.5, 0.6) is 0 Å². The summed E-state index contributed by atoms with van der Waals surface area (Å²) in [7, 11) is 0. The summed E-state index contributed by atoms with van der Waals surface area (Å²) in [6.07, 6.45) is 0.0778. The highest BCUT2D eigenvalue weighted by atomic mass is 35.5. The van der Waals surface area contributed by atoms with Crippen LogP contribution in [0.3, 0.4) is 0 Å². The maximum Gasteiger partial charge on any atom is 0.251 e. The molecule has 0 aliphatic rings. The molecule has 0 saturated carbocycles. The van der Waals surface area contributed by atoms with Crippen LogP contribution in [0.4, 0.5) is 5.69 Å². The Labute approximate surface area is 176 Å². The first-order valence-electron chi connectivity index (χ1n) is 9.39. The smallest absolute Gasteiger partial charge is 0.251 e. The number of hydrogen-bond donors (Lipinski definition) is 3. The van der Waals surface area contributed by atoms with Crippen molar-refractivity contribution in [1.29, 1.82) is 0 Å². The Kier molecular flexibility index (Phi) is 8.77. The van der Waals surface area contributed by atoms with Crippen LogP contribution in [0.25, 0.3) is 0 Å². The summed E-state index contributed by atoms with van der Waals surface area (Å²) in [4.78, 5) is 25.9. The van der Waals surface area contributed by atoms with Gasteiger partial charge in [-0.3, -0.25) is 9.59 Å². The number of hydrogen-bond acceptors (Lipinski definition) is 2. The van der Waals surface area contributed by atoms with Gasteiger partial charge in [-0.2, -0.15) is 0 Å². The fourth-order valence-electron chi connectivity index (χ4n) is 2.83. The highest BCUT2D eigenvalue weighted by Gasteiger charge is 2.12. The third kappa shape index (κ3) is 6.51. The van der Waals surface area contributed by atoms with Crippen molar-refractivity contribution in [1.82, 2.24) is 5.32 Å². The number of carbonyl (C=O) groups excluding carboxylic acids is 2. The average molecular weight is 423 g/mol. The largest absolute Gasteiger partial charge is 0.346 e. The van der Waals surface area contributed by atoms with Crippen molar-refractivity contribution in [3.63, 3.8) is 0 Å². The molecule has 2 amide bonds. The van der Waals surface area contributed by atoms with E-state index in [1.54, 1.807) is 42.5 Å². The average Bonchev–Trinajstić information content (AvgIpc) is 2.68. The van der Waals surface area contributed by atoms with E-state index in [1.165, 1.54) is 4.90 Å². The highest BCUT2D eigenvalue weighted by molar-refractivity contribution is 6.36. The SMILES string of the molecule is CC[NH+](CC)CCNC(=O)c1ccc(NC(=O)Cc2c(Cl)cccc2Cl)cc1. The van der Waals surface area contributed by atoms with Crippen LogP contribution < -0.4 is 15.5 Å². The van der Waals surface area contributed by atoms with E-state index in [0.717, 1.165) is 19.6 Å². The van der Waals surface area contributed by atoms with Crippen molar-refractivity contribution in [2.75, 3.05) is 31.5 Å². The second-order valence-electron chi connectivity index (χ2n) is 6.47. The lowest BCUT2D eigenvalue weighted by Gasteiger charge is -2.15. The molecule has 2 aromatic rings. The molecule has 5 nitrogen and oxygen atoms in total. The number of benzene rings is 2. The molecule has 150 valence electrons. The highest BCUT2D eigenvalue weighted by Crippen LogP contribution is 2.25. The molecule has 0 saturated heterocycles. The molecular weight excluding hydrogens is 397 g/mol. The van der Waals surface area contributed by atoms with E-state index in [2.05, 4.69) is 24.5 Å². The fraction of sp³-hybridized carbons (Fsp3) is 0.333. The van der Waals surface area contributed by atoms with Crippen molar-refractivity contribution >= 4 is 40.7 Å². The van der Waals surface area contributed by atoms with Gasteiger partial charge in [0.2, 0.25) is 5.91 Å². The first-order chi connectivity index (χ1) is 13.4. The van der Waals surface area contributed by atoms with Crippen LogP contribution in [-0.2, 0) is 11.2 Å². The molecule has 0 unspecified atom stereocenters. The normalized spacial score (nSPS) is 10.8. The summed E-state index contributed by atoms with van der Waals surface area (Å²) in [5.41, 5.74) is 1.76. The van der Waals surface area contributed by atoms with Gasteiger partial charge < -0.3 is 15.5 Å². The second kappa shape index (κ2) is 11.1. The van der Waals surface area contributed by atoms with E-state index in [4.69, 9.17) is 23.2 Å². The van der Waals surface area contributed by atoms with Crippen molar-refractivity contribution in [3.8, 4) is 0 Å². The van der Waals surface area contributed by atoms with Crippen LogP contribution in [-0.4, -0.2) is 38.0 Å². The number of amides is 2. The summed E-state index contributed by atoms with van der Waals surface area (Å²) in [6.45, 7) is 7.88. The number of anilines is 1.